The van der Waals surface area contributed by atoms with Gasteiger partial charge in [0.15, 0.2) is 0 Å². The Hall–Kier alpha value is -4.24. The standard InChI is InChI=1S/C33H36N4O4S/c1-21-8-6-9-22(2)30(21)27-19-29-36-32(35-27)37-42(39,40)26-11-7-10-25(18-26)31(38)34-20-28(41-29)24-14-12-23(13-15-24)16-17-33(3,4)5/h6-15,18-19,28H,16-17,20H2,1-5H3,(H,34,38)(H,35,36,37)/t28-/m0/s1. The van der Waals surface area contributed by atoms with Crippen LogP contribution in [0.3, 0.4) is 0 Å². The molecule has 218 valence electrons. The van der Waals surface area contributed by atoms with E-state index in [0.717, 1.165) is 35.1 Å². The number of hydrogen-bond acceptors (Lipinski definition) is 6. The van der Waals surface area contributed by atoms with Crippen molar-refractivity contribution in [1.29, 1.82) is 0 Å². The predicted molar refractivity (Wildman–Crippen MR) is 164 cm³/mol. The molecule has 4 aromatic rings. The van der Waals surface area contributed by atoms with E-state index in [1.54, 1.807) is 12.1 Å². The molecule has 0 saturated carbocycles. The summed E-state index contributed by atoms with van der Waals surface area (Å²) in [5, 5.41) is 2.92. The average molecular weight is 585 g/mol. The van der Waals surface area contributed by atoms with Crippen molar-refractivity contribution in [1.82, 2.24) is 15.3 Å². The highest BCUT2D eigenvalue weighted by atomic mass is 32.2. The van der Waals surface area contributed by atoms with Gasteiger partial charge in [0, 0.05) is 17.2 Å². The van der Waals surface area contributed by atoms with E-state index in [9.17, 15) is 13.2 Å². The minimum absolute atomic E-state index is 0.0691. The van der Waals surface area contributed by atoms with E-state index in [0.29, 0.717) is 5.69 Å². The largest absolute Gasteiger partial charge is 0.467 e. The third-order valence-electron chi connectivity index (χ3n) is 7.30. The molecular weight excluding hydrogens is 548 g/mol. The number of carbonyl (C=O) groups is 1. The van der Waals surface area contributed by atoms with Gasteiger partial charge in [-0.05, 0) is 72.6 Å². The number of anilines is 1. The number of sulfonamides is 1. The summed E-state index contributed by atoms with van der Waals surface area (Å²) in [6, 6.07) is 21.7. The molecule has 2 N–H and O–H groups in total. The van der Waals surface area contributed by atoms with Crippen molar-refractivity contribution in [3.8, 4) is 17.1 Å². The quantitative estimate of drug-likeness (QED) is 0.287. The fourth-order valence-electron chi connectivity index (χ4n) is 4.94. The number of nitrogens with one attached hydrogen (secondary N) is 2. The van der Waals surface area contributed by atoms with Gasteiger partial charge in [-0.2, -0.15) is 4.98 Å². The maximum Gasteiger partial charge on any atom is 0.264 e. The van der Waals surface area contributed by atoms with Crippen LogP contribution >= 0.6 is 0 Å². The third kappa shape index (κ3) is 6.79. The minimum atomic E-state index is -4.10. The normalized spacial score (nSPS) is 16.6. The number of hydrogen-bond donors (Lipinski definition) is 2. The zero-order valence-electron chi connectivity index (χ0n) is 24.6. The lowest BCUT2D eigenvalue weighted by atomic mass is 9.88. The average Bonchev–Trinajstić information content (AvgIpc) is 2.93. The van der Waals surface area contributed by atoms with E-state index in [-0.39, 0.29) is 34.2 Å². The number of amides is 1. The number of carbonyl (C=O) groups excluding carboxylic acids is 1. The van der Waals surface area contributed by atoms with Crippen LogP contribution in [0.15, 0.2) is 77.7 Å². The maximum absolute atomic E-state index is 13.3. The number of rotatable bonds is 4. The number of aryl methyl sites for hydroxylation is 3. The molecule has 0 spiro atoms. The molecule has 1 aliphatic rings. The summed E-state index contributed by atoms with van der Waals surface area (Å²) in [7, 11) is -4.10. The van der Waals surface area contributed by atoms with Gasteiger partial charge in [0.25, 0.3) is 15.9 Å². The minimum Gasteiger partial charge on any atom is -0.467 e. The number of benzene rings is 3. The van der Waals surface area contributed by atoms with Gasteiger partial charge in [-0.25, -0.2) is 18.1 Å². The number of ether oxygens (including phenoxy) is 1. The van der Waals surface area contributed by atoms with E-state index in [2.05, 4.69) is 52.9 Å². The summed E-state index contributed by atoms with van der Waals surface area (Å²) < 4.78 is 35.6. The second-order valence-electron chi connectivity index (χ2n) is 11.9. The van der Waals surface area contributed by atoms with E-state index in [1.165, 1.54) is 23.8 Å². The van der Waals surface area contributed by atoms with E-state index in [1.807, 2.05) is 44.2 Å². The molecule has 0 radical (unpaired) electrons. The monoisotopic (exact) mass is 584 g/mol. The van der Waals surface area contributed by atoms with Crippen molar-refractivity contribution < 1.29 is 17.9 Å². The van der Waals surface area contributed by atoms with Crippen LogP contribution in [-0.2, 0) is 16.4 Å². The molecule has 0 saturated heterocycles. The fourth-order valence-corrected chi connectivity index (χ4v) is 5.93. The zero-order valence-corrected chi connectivity index (χ0v) is 25.4. The van der Waals surface area contributed by atoms with E-state index < -0.39 is 22.0 Å². The first-order valence-corrected chi connectivity index (χ1v) is 15.5. The molecule has 0 fully saturated rings. The molecule has 1 aliphatic heterocycles. The van der Waals surface area contributed by atoms with Crippen LogP contribution in [0.1, 0.15) is 65.9 Å². The highest BCUT2D eigenvalue weighted by Crippen LogP contribution is 2.31. The van der Waals surface area contributed by atoms with Gasteiger partial charge in [0.05, 0.1) is 17.1 Å². The van der Waals surface area contributed by atoms with Gasteiger partial charge in [0.1, 0.15) is 6.10 Å². The number of nitrogens with zero attached hydrogens (tertiary/aromatic N) is 2. The number of aromatic nitrogens is 2. The van der Waals surface area contributed by atoms with Crippen LogP contribution in [0.5, 0.6) is 5.88 Å². The van der Waals surface area contributed by atoms with Gasteiger partial charge in [-0.3, -0.25) is 4.79 Å². The lowest BCUT2D eigenvalue weighted by molar-refractivity contribution is 0.0925. The van der Waals surface area contributed by atoms with Crippen molar-refractivity contribution >= 4 is 21.9 Å². The Morgan fingerprint density at radius 3 is 2.31 bits per heavy atom. The Morgan fingerprint density at radius 1 is 0.929 bits per heavy atom. The van der Waals surface area contributed by atoms with Crippen molar-refractivity contribution in [3.05, 3.63) is 101 Å². The van der Waals surface area contributed by atoms with Gasteiger partial charge in [-0.1, -0.05) is 69.3 Å². The second-order valence-corrected chi connectivity index (χ2v) is 13.6. The molecule has 5 rings (SSSR count). The lowest BCUT2D eigenvalue weighted by Gasteiger charge is -2.21. The van der Waals surface area contributed by atoms with Crippen LogP contribution in [-0.4, -0.2) is 30.8 Å². The van der Waals surface area contributed by atoms with Gasteiger partial charge in [0.2, 0.25) is 11.8 Å². The van der Waals surface area contributed by atoms with Crippen LogP contribution in [0.2, 0.25) is 0 Å². The maximum atomic E-state index is 13.3. The highest BCUT2D eigenvalue weighted by Gasteiger charge is 2.24. The molecule has 0 unspecified atom stereocenters. The van der Waals surface area contributed by atoms with E-state index in [4.69, 9.17) is 4.74 Å². The van der Waals surface area contributed by atoms with Crippen molar-refractivity contribution in [2.75, 3.05) is 11.3 Å². The highest BCUT2D eigenvalue weighted by molar-refractivity contribution is 7.92. The van der Waals surface area contributed by atoms with Gasteiger partial charge in [-0.15, -0.1) is 0 Å². The summed E-state index contributed by atoms with van der Waals surface area (Å²) in [5.74, 6) is -0.344. The SMILES string of the molecule is Cc1cccc(C)c1-c1cc2nc(n1)NS(=O)(=O)c1cccc(c1)C(=O)NC[C@@H](c1ccc(CCC(C)(C)C)cc1)O2. The first-order valence-electron chi connectivity index (χ1n) is 14.0. The topological polar surface area (TPSA) is 110 Å². The zero-order chi connectivity index (χ0) is 30.1. The fraction of sp³-hybridized carbons (Fsp3) is 0.303. The summed E-state index contributed by atoms with van der Waals surface area (Å²) >= 11 is 0. The summed E-state index contributed by atoms with van der Waals surface area (Å²) in [5.41, 5.74) is 5.87. The van der Waals surface area contributed by atoms with Crippen molar-refractivity contribution in [2.45, 2.75) is 58.5 Å². The number of fused-ring (bicyclic) bond motifs is 4. The molecule has 1 atom stereocenters. The Bertz CT molecular complexity index is 1710. The molecule has 1 amide bonds. The molecule has 2 heterocycles. The van der Waals surface area contributed by atoms with Crippen LogP contribution in [0.4, 0.5) is 5.95 Å². The Morgan fingerprint density at radius 2 is 1.62 bits per heavy atom. The van der Waals surface area contributed by atoms with Crippen molar-refractivity contribution in [3.63, 3.8) is 0 Å². The molecule has 3 aromatic carbocycles. The Balaban J connectivity index is 1.59. The Kier molecular flexibility index (Phi) is 8.06. The van der Waals surface area contributed by atoms with Crippen LogP contribution in [0.25, 0.3) is 11.3 Å². The summed E-state index contributed by atoms with van der Waals surface area (Å²) in [6.45, 7) is 10.8. The predicted octanol–water partition coefficient (Wildman–Crippen LogP) is 6.40. The lowest BCUT2D eigenvalue weighted by Crippen LogP contribution is -2.31. The van der Waals surface area contributed by atoms with Gasteiger partial charge >= 0.3 is 0 Å². The molecule has 42 heavy (non-hydrogen) atoms. The molecule has 1 aromatic heterocycles. The summed E-state index contributed by atoms with van der Waals surface area (Å²) in [6.07, 6.45) is 1.42. The molecular formula is C33H36N4O4S. The van der Waals surface area contributed by atoms with Crippen molar-refractivity contribution in [2.24, 2.45) is 5.41 Å². The first kappa shape index (κ1) is 29.3. The Labute approximate surface area is 247 Å². The smallest absolute Gasteiger partial charge is 0.264 e. The molecule has 8 nitrogen and oxygen atoms in total. The van der Waals surface area contributed by atoms with Gasteiger partial charge < -0.3 is 10.1 Å². The van der Waals surface area contributed by atoms with Crippen LogP contribution < -0.4 is 14.8 Å². The molecule has 9 heteroatoms. The van der Waals surface area contributed by atoms with E-state index >= 15 is 0 Å². The summed E-state index contributed by atoms with van der Waals surface area (Å²) in [4.78, 5) is 22.1. The van der Waals surface area contributed by atoms with Crippen LogP contribution in [0, 0.1) is 19.3 Å². The second kappa shape index (κ2) is 11.6. The molecule has 0 aliphatic carbocycles. The first-order chi connectivity index (χ1) is 19.9. The molecule has 4 bridgehead atoms. The third-order valence-corrected chi connectivity index (χ3v) is 8.62.